The monoisotopic (exact) mass is 972 g/mol. The number of hydrogen-bond acceptors (Lipinski definition) is 3. The van der Waals surface area contributed by atoms with E-state index in [1.807, 2.05) is 27.7 Å². The number of imidazole rings is 2. The van der Waals surface area contributed by atoms with Crippen molar-refractivity contribution in [2.75, 3.05) is 0 Å². The Labute approximate surface area is 342 Å². The van der Waals surface area contributed by atoms with Gasteiger partial charge in [0.1, 0.15) is 17.5 Å². The molecule has 8 aromatic rings. The fourth-order valence-electron chi connectivity index (χ4n) is 5.43. The van der Waals surface area contributed by atoms with E-state index < -0.39 is 12.0 Å². The van der Waals surface area contributed by atoms with Crippen molar-refractivity contribution in [3.63, 3.8) is 0 Å². The third-order valence-corrected chi connectivity index (χ3v) is 8.50. The van der Waals surface area contributed by atoms with E-state index in [1.54, 1.807) is 54.7 Å². The fraction of sp³-hybridized carbons (Fsp3) is 0.119. The second-order valence-corrected chi connectivity index (χ2v) is 12.3. The van der Waals surface area contributed by atoms with Gasteiger partial charge in [-0.1, -0.05) is 18.2 Å². The van der Waals surface area contributed by atoms with Gasteiger partial charge in [0.25, 0.3) is 12.7 Å². The molecule has 0 unspecified atom stereocenters. The first-order valence-electron chi connectivity index (χ1n) is 17.0. The molecule has 0 aliphatic rings. The molecule has 0 N–H and O–H groups in total. The van der Waals surface area contributed by atoms with Gasteiger partial charge in [-0.3, -0.25) is 19.2 Å². The number of halogens is 7. The van der Waals surface area contributed by atoms with E-state index in [9.17, 15) is 30.7 Å². The molecule has 16 heteroatoms. The van der Waals surface area contributed by atoms with E-state index in [-0.39, 0.29) is 54.9 Å². The minimum Gasteiger partial charge on any atom is -0.413 e. The average Bonchev–Trinajstić information content (AvgIpc) is 3.89. The molecule has 0 fully saturated rings. The molecule has 0 aliphatic carbocycles. The zero-order valence-corrected chi connectivity index (χ0v) is 33.3. The van der Waals surface area contributed by atoms with Crippen LogP contribution in [0.15, 0.2) is 109 Å². The Kier molecular flexibility index (Phi) is 13.6. The van der Waals surface area contributed by atoms with Gasteiger partial charge >= 0.3 is 6.18 Å². The fourth-order valence-corrected chi connectivity index (χ4v) is 5.43. The molecule has 4 heterocycles. The Hall–Kier alpha value is -6.25. The largest absolute Gasteiger partial charge is 0.429 e. The first-order valence-corrected chi connectivity index (χ1v) is 17.0. The number of alkyl halides is 3. The maximum atomic E-state index is 13.4. The van der Waals surface area contributed by atoms with E-state index in [4.69, 9.17) is 0 Å². The summed E-state index contributed by atoms with van der Waals surface area (Å²) in [6.45, 7) is 7.62. The van der Waals surface area contributed by atoms with Crippen molar-refractivity contribution in [3.05, 3.63) is 186 Å². The third kappa shape index (κ3) is 10.00. The number of rotatable bonds is 5. The van der Waals surface area contributed by atoms with Gasteiger partial charge in [-0.25, -0.2) is 17.6 Å². The summed E-state index contributed by atoms with van der Waals surface area (Å²) in [6.07, 6.45) is 3.09. The van der Waals surface area contributed by atoms with E-state index in [0.717, 1.165) is 22.8 Å². The van der Waals surface area contributed by atoms with Crippen LogP contribution in [0.25, 0.3) is 34.3 Å². The normalized spacial score (nSPS) is 10.9. The van der Waals surface area contributed by atoms with E-state index >= 15 is 0 Å². The predicted octanol–water partition coefficient (Wildman–Crippen LogP) is 8.01. The second kappa shape index (κ2) is 18.3. The van der Waals surface area contributed by atoms with Crippen LogP contribution in [0.5, 0.6) is 0 Å². The number of pyridine rings is 1. The minimum atomic E-state index is -4.57. The van der Waals surface area contributed by atoms with E-state index in [1.165, 1.54) is 72.9 Å². The van der Waals surface area contributed by atoms with Crippen molar-refractivity contribution in [1.82, 2.24) is 29.3 Å². The Morgan fingerprint density at radius 2 is 1.10 bits per heavy atom. The van der Waals surface area contributed by atoms with Crippen molar-refractivity contribution in [3.8, 4) is 34.3 Å². The molecule has 8 rings (SSSR count). The number of hydrogen-bond donors (Lipinski definition) is 0. The molecule has 0 bridgehead atoms. The van der Waals surface area contributed by atoms with Crippen LogP contribution in [-0.4, -0.2) is 24.2 Å². The van der Waals surface area contributed by atoms with Gasteiger partial charge in [0.15, 0.2) is 0 Å². The average molecular weight is 972 g/mol. The second-order valence-electron chi connectivity index (χ2n) is 12.3. The molecular weight excluding hydrogens is 942 g/mol. The van der Waals surface area contributed by atoms with Crippen LogP contribution in [0.4, 0.5) is 30.7 Å². The van der Waals surface area contributed by atoms with Crippen LogP contribution < -0.4 is 14.2 Å². The summed E-state index contributed by atoms with van der Waals surface area (Å²) in [4.78, 5) is 7.05. The van der Waals surface area contributed by atoms with Crippen molar-refractivity contribution in [2.45, 2.75) is 33.9 Å². The van der Waals surface area contributed by atoms with Crippen molar-refractivity contribution >= 4 is 0 Å². The Bertz CT molecular complexity index is 2370. The van der Waals surface area contributed by atoms with Crippen molar-refractivity contribution < 1.29 is 60.0 Å². The van der Waals surface area contributed by atoms with Gasteiger partial charge in [-0.05, 0) is 93.4 Å². The predicted molar refractivity (Wildman–Crippen MR) is 192 cm³/mol. The summed E-state index contributed by atoms with van der Waals surface area (Å²) in [5.74, 6) is -2.66. The van der Waals surface area contributed by atoms with E-state index in [0.29, 0.717) is 22.7 Å². The summed E-state index contributed by atoms with van der Waals surface area (Å²) < 4.78 is 96.8. The molecule has 0 spiro atoms. The Morgan fingerprint density at radius 1 is 0.621 bits per heavy atom. The molecule has 0 amide bonds. The van der Waals surface area contributed by atoms with Gasteiger partial charge in [0.2, 0.25) is 0 Å². The van der Waals surface area contributed by atoms with Gasteiger partial charge in [-0.2, -0.15) is 37.4 Å². The topological polar surface area (TPSA) is 70.4 Å². The summed E-state index contributed by atoms with van der Waals surface area (Å²) in [7, 11) is 0. The number of aromatic nitrogens is 8. The SMILES string of the molecule is Cc1c(C)[n+](-c2cccc(F)c2)[c-]n1-c1[c-]ccc(F)c1.Cc1c(C)[n+](-c2cccc(F)c2)[c-]n1-c1[c-]ccc(F)c1.FC(F)(F)c1n[n-]c(-c2ccccn2)n1.[Ir]. The third-order valence-electron chi connectivity index (χ3n) is 8.50. The molecule has 4 aromatic heterocycles. The molecule has 0 aliphatic heterocycles. The van der Waals surface area contributed by atoms with Crippen molar-refractivity contribution in [2.24, 2.45) is 0 Å². The van der Waals surface area contributed by atoms with Crippen LogP contribution in [-0.2, 0) is 26.3 Å². The van der Waals surface area contributed by atoms with Gasteiger partial charge in [0, 0.05) is 49.3 Å². The van der Waals surface area contributed by atoms with Crippen molar-refractivity contribution in [1.29, 1.82) is 0 Å². The van der Waals surface area contributed by atoms with Crippen LogP contribution in [0.1, 0.15) is 28.6 Å². The molecule has 0 atom stereocenters. The van der Waals surface area contributed by atoms with Gasteiger partial charge in [-0.15, -0.1) is 24.3 Å². The summed E-state index contributed by atoms with van der Waals surface area (Å²) in [5.41, 5.74) is 6.31. The van der Waals surface area contributed by atoms with E-state index in [2.05, 4.69) is 45.0 Å². The molecule has 299 valence electrons. The molecular formula is C42H30F7IrN8-3. The van der Waals surface area contributed by atoms with Crippen LogP contribution in [0.2, 0.25) is 0 Å². The zero-order valence-electron chi connectivity index (χ0n) is 30.9. The molecule has 0 saturated heterocycles. The smallest absolute Gasteiger partial charge is 0.413 e. The molecule has 4 aromatic carbocycles. The van der Waals surface area contributed by atoms with Crippen LogP contribution >= 0.6 is 0 Å². The first kappa shape index (κ1) is 42.9. The van der Waals surface area contributed by atoms with Gasteiger partial charge < -0.3 is 19.2 Å². The van der Waals surface area contributed by atoms with Crippen LogP contribution in [0, 0.1) is 75.8 Å². The molecule has 1 radical (unpaired) electrons. The Balaban J connectivity index is 0.000000167. The quantitative estimate of drug-likeness (QED) is 0.0997. The maximum Gasteiger partial charge on any atom is 0.429 e. The number of benzene rings is 4. The zero-order chi connectivity index (χ0) is 40.9. The molecule has 0 saturated carbocycles. The summed E-state index contributed by atoms with van der Waals surface area (Å²) in [6, 6.07) is 31.8. The summed E-state index contributed by atoms with van der Waals surface area (Å²) >= 11 is 0. The molecule has 8 nitrogen and oxygen atoms in total. The standard InChI is InChI=1S/2C17H13F2N2.C8H4F3N4.Ir/c2*1-12-13(2)21(17-8-4-6-15(19)10-17)11-20(12)16-7-3-5-14(18)9-16;9-8(10,11)7-13-6(14-15-7)5-3-1-2-4-12-5;/h2*3-7,9-10H,1-2H3;1-4H;/q3*-1;. The minimum absolute atomic E-state index is 0. The number of nitrogens with zero attached hydrogens (tertiary/aromatic N) is 8. The molecule has 58 heavy (non-hydrogen) atoms. The Morgan fingerprint density at radius 3 is 1.50 bits per heavy atom. The van der Waals surface area contributed by atoms with Crippen LogP contribution in [0.3, 0.4) is 0 Å². The first-order chi connectivity index (χ1) is 27.2. The maximum absolute atomic E-state index is 13.4. The summed E-state index contributed by atoms with van der Waals surface area (Å²) in [5, 5.41) is 6.25. The van der Waals surface area contributed by atoms with Gasteiger partial charge in [0.05, 0.1) is 28.5 Å².